The van der Waals surface area contributed by atoms with Gasteiger partial charge in [-0.25, -0.2) is 0 Å². The molecule has 2 aromatic carbocycles. The second-order valence-electron chi connectivity index (χ2n) is 4.85. The summed E-state index contributed by atoms with van der Waals surface area (Å²) < 4.78 is 10.5. The monoisotopic (exact) mass is 352 g/mol. The van der Waals surface area contributed by atoms with Gasteiger partial charge in [0.05, 0.1) is 36.5 Å². The Morgan fingerprint density at radius 2 is 1.74 bits per heavy atom. The molecule has 0 saturated carbocycles. The fourth-order valence-electron chi connectivity index (χ4n) is 2.03. The van der Waals surface area contributed by atoms with Gasteiger partial charge in [-0.1, -0.05) is 35.3 Å². The van der Waals surface area contributed by atoms with E-state index in [9.17, 15) is 0 Å². The molecule has 0 fully saturated rings. The number of hydrogen-bond donors (Lipinski definition) is 1. The third kappa shape index (κ3) is 4.53. The first-order chi connectivity index (χ1) is 11.0. The number of nitrogens with zero attached hydrogens (tertiary/aromatic N) is 1. The minimum absolute atomic E-state index is 0.513. The average molecular weight is 353 g/mol. The molecule has 0 unspecified atom stereocenters. The molecule has 4 nitrogen and oxygen atoms in total. The molecule has 0 spiro atoms. The van der Waals surface area contributed by atoms with Crippen LogP contribution in [0.1, 0.15) is 18.1 Å². The molecule has 0 bridgehead atoms. The van der Waals surface area contributed by atoms with Crippen LogP contribution in [-0.2, 0) is 6.54 Å². The molecule has 2 rings (SSSR count). The molecule has 0 aliphatic carbocycles. The maximum Gasteiger partial charge on any atom is 0.161 e. The highest BCUT2D eigenvalue weighted by Crippen LogP contribution is 2.27. The van der Waals surface area contributed by atoms with Crippen molar-refractivity contribution in [2.75, 3.05) is 14.2 Å². The molecule has 0 aliphatic rings. The third-order valence-corrected chi connectivity index (χ3v) is 4.05. The second-order valence-corrected chi connectivity index (χ2v) is 5.66. The van der Waals surface area contributed by atoms with E-state index >= 15 is 0 Å². The van der Waals surface area contributed by atoms with Crippen LogP contribution in [0.3, 0.4) is 0 Å². The van der Waals surface area contributed by atoms with E-state index in [1.165, 1.54) is 0 Å². The van der Waals surface area contributed by atoms with Gasteiger partial charge in [0.1, 0.15) is 0 Å². The minimum atomic E-state index is 0.513. The predicted octanol–water partition coefficient (Wildman–Crippen LogP) is 4.52. The predicted molar refractivity (Wildman–Crippen MR) is 95.1 cm³/mol. The lowest BCUT2D eigenvalue weighted by Crippen LogP contribution is -2.09. The number of methoxy groups -OCH3 is 2. The smallest absolute Gasteiger partial charge is 0.161 e. The molecule has 0 atom stereocenters. The Bertz CT molecular complexity index is 718. The highest BCUT2D eigenvalue weighted by Gasteiger charge is 2.05. The topological polar surface area (TPSA) is 42.8 Å². The van der Waals surface area contributed by atoms with Gasteiger partial charge in [-0.2, -0.15) is 5.10 Å². The van der Waals surface area contributed by atoms with Crippen LogP contribution < -0.4 is 14.9 Å². The standard InChI is InChI=1S/C17H18Cl2N2O2/c1-11(13-5-6-14(18)15(19)9-13)21-20-10-12-4-7-16(22-2)17(8-12)23-3/h4-9,20H,10H2,1-3H3/b21-11+. The maximum atomic E-state index is 6.02. The lowest BCUT2D eigenvalue weighted by molar-refractivity contribution is 0.354. The van der Waals surface area contributed by atoms with Crippen LogP contribution in [0, 0.1) is 0 Å². The van der Waals surface area contributed by atoms with E-state index in [-0.39, 0.29) is 0 Å². The summed E-state index contributed by atoms with van der Waals surface area (Å²) in [6.07, 6.45) is 0. The van der Waals surface area contributed by atoms with Gasteiger partial charge in [0, 0.05) is 0 Å². The molecular weight excluding hydrogens is 335 g/mol. The SMILES string of the molecule is COc1ccc(CN/N=C(\C)c2ccc(Cl)c(Cl)c2)cc1OC. The Kier molecular flexibility index (Phi) is 6.13. The summed E-state index contributed by atoms with van der Waals surface area (Å²) in [6.45, 7) is 2.47. The Hall–Kier alpha value is -1.91. The fraction of sp³-hybridized carbons (Fsp3) is 0.235. The van der Waals surface area contributed by atoms with Crippen molar-refractivity contribution in [3.8, 4) is 11.5 Å². The first kappa shape index (κ1) is 17.4. The Morgan fingerprint density at radius 1 is 1.00 bits per heavy atom. The number of ether oxygens (including phenoxy) is 2. The summed E-state index contributed by atoms with van der Waals surface area (Å²) in [6, 6.07) is 11.2. The number of hydrogen-bond acceptors (Lipinski definition) is 4. The molecule has 23 heavy (non-hydrogen) atoms. The van der Waals surface area contributed by atoms with Gasteiger partial charge >= 0.3 is 0 Å². The van der Waals surface area contributed by atoms with Gasteiger partial charge in [-0.15, -0.1) is 0 Å². The Balaban J connectivity index is 2.04. The molecule has 122 valence electrons. The van der Waals surface area contributed by atoms with Crippen molar-refractivity contribution < 1.29 is 9.47 Å². The summed E-state index contributed by atoms with van der Waals surface area (Å²) >= 11 is 11.9. The largest absolute Gasteiger partial charge is 0.493 e. The summed E-state index contributed by atoms with van der Waals surface area (Å²) in [5.74, 6) is 1.39. The number of benzene rings is 2. The first-order valence-corrected chi connectivity index (χ1v) is 7.74. The molecule has 0 saturated heterocycles. The second kappa shape index (κ2) is 8.09. The minimum Gasteiger partial charge on any atom is -0.493 e. The third-order valence-electron chi connectivity index (χ3n) is 3.32. The quantitative estimate of drug-likeness (QED) is 0.613. The Morgan fingerprint density at radius 3 is 2.39 bits per heavy atom. The summed E-state index contributed by atoms with van der Waals surface area (Å²) in [5, 5.41) is 5.39. The van der Waals surface area contributed by atoms with Gasteiger partial charge < -0.3 is 14.9 Å². The number of nitrogens with one attached hydrogen (secondary N) is 1. The van der Waals surface area contributed by atoms with Crippen molar-refractivity contribution in [3.63, 3.8) is 0 Å². The van der Waals surface area contributed by atoms with Crippen LogP contribution in [0.25, 0.3) is 0 Å². The number of rotatable bonds is 6. The van der Waals surface area contributed by atoms with Crippen LogP contribution >= 0.6 is 23.2 Å². The lowest BCUT2D eigenvalue weighted by atomic mass is 10.1. The zero-order valence-corrected chi connectivity index (χ0v) is 14.7. The van der Waals surface area contributed by atoms with Crippen molar-refractivity contribution in [1.82, 2.24) is 5.43 Å². The summed E-state index contributed by atoms with van der Waals surface area (Å²) in [7, 11) is 3.22. The van der Waals surface area contributed by atoms with Crippen molar-refractivity contribution in [3.05, 3.63) is 57.6 Å². The lowest BCUT2D eigenvalue weighted by Gasteiger charge is -2.10. The molecule has 2 aromatic rings. The molecular formula is C17H18Cl2N2O2. The highest BCUT2D eigenvalue weighted by atomic mass is 35.5. The van der Waals surface area contributed by atoms with Gasteiger partial charge in [0.15, 0.2) is 11.5 Å². The molecule has 0 radical (unpaired) electrons. The zero-order chi connectivity index (χ0) is 16.8. The Labute approximate surface area is 146 Å². The van der Waals surface area contributed by atoms with E-state index in [0.29, 0.717) is 28.1 Å². The summed E-state index contributed by atoms with van der Waals surface area (Å²) in [4.78, 5) is 0. The molecule has 0 aliphatic heterocycles. The highest BCUT2D eigenvalue weighted by molar-refractivity contribution is 6.42. The van der Waals surface area contributed by atoms with E-state index in [1.54, 1.807) is 26.4 Å². The number of hydrazone groups is 1. The zero-order valence-electron chi connectivity index (χ0n) is 13.2. The average Bonchev–Trinajstić information content (AvgIpc) is 2.57. The maximum absolute atomic E-state index is 6.02. The molecule has 6 heteroatoms. The summed E-state index contributed by atoms with van der Waals surface area (Å²) in [5.41, 5.74) is 5.81. The first-order valence-electron chi connectivity index (χ1n) is 6.98. The van der Waals surface area contributed by atoms with E-state index < -0.39 is 0 Å². The number of halogens is 2. The molecule has 0 heterocycles. The van der Waals surface area contributed by atoms with Gasteiger partial charge in [0.2, 0.25) is 0 Å². The van der Waals surface area contributed by atoms with Crippen molar-refractivity contribution in [2.24, 2.45) is 5.10 Å². The molecule has 1 N–H and O–H groups in total. The fourth-order valence-corrected chi connectivity index (χ4v) is 2.32. The van der Waals surface area contributed by atoms with Gasteiger partial charge in [-0.05, 0) is 42.3 Å². The normalized spacial score (nSPS) is 11.3. The van der Waals surface area contributed by atoms with E-state index in [1.807, 2.05) is 31.2 Å². The van der Waals surface area contributed by atoms with Gasteiger partial charge in [-0.3, -0.25) is 0 Å². The van der Waals surface area contributed by atoms with Crippen LogP contribution in [0.5, 0.6) is 11.5 Å². The van der Waals surface area contributed by atoms with E-state index in [4.69, 9.17) is 32.7 Å². The van der Waals surface area contributed by atoms with E-state index in [0.717, 1.165) is 16.8 Å². The van der Waals surface area contributed by atoms with E-state index in [2.05, 4.69) is 10.5 Å². The van der Waals surface area contributed by atoms with Crippen LogP contribution in [-0.4, -0.2) is 19.9 Å². The van der Waals surface area contributed by atoms with Crippen molar-refractivity contribution >= 4 is 28.9 Å². The van der Waals surface area contributed by atoms with Crippen molar-refractivity contribution in [1.29, 1.82) is 0 Å². The van der Waals surface area contributed by atoms with Crippen molar-refractivity contribution in [2.45, 2.75) is 13.5 Å². The molecule has 0 amide bonds. The van der Waals surface area contributed by atoms with Gasteiger partial charge in [0.25, 0.3) is 0 Å². The molecule has 0 aromatic heterocycles. The van der Waals surface area contributed by atoms with Crippen LogP contribution in [0.15, 0.2) is 41.5 Å². The van der Waals surface area contributed by atoms with Crippen LogP contribution in [0.4, 0.5) is 0 Å². The van der Waals surface area contributed by atoms with Crippen LogP contribution in [0.2, 0.25) is 10.0 Å².